The first-order chi connectivity index (χ1) is 15.0. The number of ether oxygens (including phenoxy) is 2. The maximum Gasteiger partial charge on any atom is 0.326 e. The molecule has 2 aromatic heterocycles. The number of rotatable bonds is 7. The minimum absolute atomic E-state index is 0.0310. The second-order valence-electron chi connectivity index (χ2n) is 8.05. The lowest BCUT2D eigenvalue weighted by molar-refractivity contribution is -0.155. The fraction of sp³-hybridized carbons (Fsp3) is 0.318. The fourth-order valence-electron chi connectivity index (χ4n) is 2.89. The van der Waals surface area contributed by atoms with Gasteiger partial charge in [-0.15, -0.1) is 0 Å². The van der Waals surface area contributed by atoms with Crippen LogP contribution in [0.4, 0.5) is 10.2 Å². The van der Waals surface area contributed by atoms with Crippen molar-refractivity contribution in [3.63, 3.8) is 0 Å². The summed E-state index contributed by atoms with van der Waals surface area (Å²) in [6.07, 6.45) is 5.07. The van der Waals surface area contributed by atoms with Crippen LogP contribution in [-0.2, 0) is 22.5 Å². The number of esters is 1. The number of imidazole rings is 1. The van der Waals surface area contributed by atoms with Gasteiger partial charge in [-0.1, -0.05) is 23.2 Å². The van der Waals surface area contributed by atoms with Crippen molar-refractivity contribution < 1.29 is 18.7 Å². The van der Waals surface area contributed by atoms with Gasteiger partial charge in [0.1, 0.15) is 18.0 Å². The Hall–Kier alpha value is -2.84. The lowest BCUT2D eigenvalue weighted by Gasteiger charge is -2.19. The molecule has 3 aromatic rings. The first kappa shape index (κ1) is 23.8. The van der Waals surface area contributed by atoms with Crippen molar-refractivity contribution in [1.82, 2.24) is 14.5 Å². The molecule has 0 bridgehead atoms. The molecule has 0 unspecified atom stereocenters. The zero-order chi connectivity index (χ0) is 23.5. The van der Waals surface area contributed by atoms with E-state index < -0.39 is 11.4 Å². The second kappa shape index (κ2) is 9.75. The van der Waals surface area contributed by atoms with E-state index in [0.717, 1.165) is 0 Å². The van der Waals surface area contributed by atoms with Gasteiger partial charge in [-0.25, -0.2) is 14.4 Å². The van der Waals surface area contributed by atoms with Crippen LogP contribution in [0, 0.1) is 5.82 Å². The average Bonchev–Trinajstić information content (AvgIpc) is 3.15. The third kappa shape index (κ3) is 6.11. The summed E-state index contributed by atoms with van der Waals surface area (Å²) in [6.45, 7) is 5.61. The third-order valence-corrected chi connectivity index (χ3v) is 5.05. The number of nitrogen functional groups attached to an aromatic ring is 1. The van der Waals surface area contributed by atoms with Crippen LogP contribution in [0.3, 0.4) is 0 Å². The monoisotopic (exact) mass is 480 g/mol. The van der Waals surface area contributed by atoms with E-state index in [2.05, 4.69) is 9.97 Å². The van der Waals surface area contributed by atoms with Crippen molar-refractivity contribution in [3.8, 4) is 17.0 Å². The highest BCUT2D eigenvalue weighted by Gasteiger charge is 2.17. The van der Waals surface area contributed by atoms with E-state index in [-0.39, 0.29) is 36.4 Å². The highest BCUT2D eigenvalue weighted by Crippen LogP contribution is 2.29. The number of hydrogen-bond acceptors (Lipinski definition) is 6. The summed E-state index contributed by atoms with van der Waals surface area (Å²) in [6, 6.07) is 4.35. The molecule has 0 amide bonds. The Morgan fingerprint density at radius 1 is 1.25 bits per heavy atom. The molecule has 0 aliphatic heterocycles. The van der Waals surface area contributed by atoms with E-state index in [9.17, 15) is 9.18 Å². The number of benzene rings is 1. The minimum Gasteiger partial charge on any atom is -0.489 e. The maximum absolute atomic E-state index is 13.7. The molecule has 0 spiro atoms. The van der Waals surface area contributed by atoms with Gasteiger partial charge in [0.15, 0.2) is 11.6 Å². The minimum atomic E-state index is -0.562. The van der Waals surface area contributed by atoms with Crippen LogP contribution in [0.2, 0.25) is 10.0 Å². The van der Waals surface area contributed by atoms with Crippen LogP contribution in [-0.4, -0.2) is 32.7 Å². The molecule has 10 heteroatoms. The topological polar surface area (TPSA) is 92.3 Å². The number of nitrogens with two attached hydrogens (primary N) is 1. The van der Waals surface area contributed by atoms with Crippen LogP contribution in [0.5, 0.6) is 5.75 Å². The summed E-state index contributed by atoms with van der Waals surface area (Å²) in [5.41, 5.74) is 7.06. The normalized spacial score (nSPS) is 11.4. The summed E-state index contributed by atoms with van der Waals surface area (Å²) in [4.78, 5) is 20.5. The van der Waals surface area contributed by atoms with Crippen molar-refractivity contribution in [2.24, 2.45) is 0 Å². The van der Waals surface area contributed by atoms with Crippen molar-refractivity contribution >= 4 is 35.0 Å². The Bertz CT molecular complexity index is 1130. The van der Waals surface area contributed by atoms with Crippen LogP contribution >= 0.6 is 23.2 Å². The first-order valence-corrected chi connectivity index (χ1v) is 10.5. The molecule has 0 aliphatic rings. The lowest BCUT2D eigenvalue weighted by atomic mass is 10.1. The Balaban J connectivity index is 1.68. The predicted octanol–water partition coefficient (Wildman–Crippen LogP) is 4.94. The molecule has 1 aromatic carbocycles. The van der Waals surface area contributed by atoms with Gasteiger partial charge in [0.25, 0.3) is 0 Å². The molecule has 32 heavy (non-hydrogen) atoms. The Labute approximate surface area is 195 Å². The number of carbonyl (C=O) groups excluding carboxylic acids is 1. The van der Waals surface area contributed by atoms with Gasteiger partial charge in [0.05, 0.1) is 23.7 Å². The summed E-state index contributed by atoms with van der Waals surface area (Å²) in [5, 5.41) is 0.326. The SMILES string of the molecule is CC(C)(C)OC(=O)Cn1cnc(-c2cnc(N)c(OCCc3c(Cl)ccc(F)c3Cl)c2)c1. The second-order valence-corrected chi connectivity index (χ2v) is 8.83. The fourth-order valence-corrected chi connectivity index (χ4v) is 3.45. The van der Waals surface area contributed by atoms with E-state index in [1.54, 1.807) is 23.0 Å². The summed E-state index contributed by atoms with van der Waals surface area (Å²) < 4.78 is 26.4. The van der Waals surface area contributed by atoms with Crippen LogP contribution < -0.4 is 10.5 Å². The summed E-state index contributed by atoms with van der Waals surface area (Å²) in [7, 11) is 0. The molecule has 0 aliphatic carbocycles. The quantitative estimate of drug-likeness (QED) is 0.380. The van der Waals surface area contributed by atoms with Crippen molar-refractivity contribution in [1.29, 1.82) is 0 Å². The largest absolute Gasteiger partial charge is 0.489 e. The van der Waals surface area contributed by atoms with E-state index in [1.807, 2.05) is 20.8 Å². The zero-order valence-corrected chi connectivity index (χ0v) is 19.4. The molecule has 0 saturated heterocycles. The Morgan fingerprint density at radius 3 is 2.72 bits per heavy atom. The van der Waals surface area contributed by atoms with Crippen LogP contribution in [0.25, 0.3) is 11.3 Å². The van der Waals surface area contributed by atoms with Crippen LogP contribution in [0.15, 0.2) is 36.9 Å². The zero-order valence-electron chi connectivity index (χ0n) is 17.9. The van der Waals surface area contributed by atoms with Crippen LogP contribution in [0.1, 0.15) is 26.3 Å². The van der Waals surface area contributed by atoms with E-state index >= 15 is 0 Å². The Kier molecular flexibility index (Phi) is 7.26. The Morgan fingerprint density at radius 2 is 2.00 bits per heavy atom. The molecule has 7 nitrogen and oxygen atoms in total. The smallest absolute Gasteiger partial charge is 0.326 e. The van der Waals surface area contributed by atoms with Gasteiger partial charge in [0.2, 0.25) is 0 Å². The van der Waals surface area contributed by atoms with E-state index in [4.69, 9.17) is 38.4 Å². The number of hydrogen-bond donors (Lipinski definition) is 1. The standard InChI is InChI=1S/C22H23Cl2FN4O3/c1-22(2,3)32-19(30)11-29-10-17(28-12-29)13-8-18(21(26)27-9-13)31-7-6-14-15(23)4-5-16(25)20(14)24/h4-5,8-10,12H,6-7,11H2,1-3H3,(H2,26,27). The molecule has 2 heterocycles. The summed E-state index contributed by atoms with van der Waals surface area (Å²) in [5.74, 6) is -0.377. The van der Waals surface area contributed by atoms with Gasteiger partial charge in [0, 0.05) is 29.4 Å². The number of carbonyl (C=O) groups is 1. The molecular formula is C22H23Cl2FN4O3. The summed E-state index contributed by atoms with van der Waals surface area (Å²) >= 11 is 12.1. The van der Waals surface area contributed by atoms with Gasteiger partial charge >= 0.3 is 5.97 Å². The highest BCUT2D eigenvalue weighted by atomic mass is 35.5. The first-order valence-electron chi connectivity index (χ1n) is 9.78. The number of aromatic nitrogens is 3. The molecule has 0 atom stereocenters. The maximum atomic E-state index is 13.7. The van der Waals surface area contributed by atoms with E-state index in [1.165, 1.54) is 18.5 Å². The van der Waals surface area contributed by atoms with Gasteiger partial charge in [-0.3, -0.25) is 4.79 Å². The van der Waals surface area contributed by atoms with Gasteiger partial charge < -0.3 is 19.8 Å². The third-order valence-electron chi connectivity index (χ3n) is 4.29. The molecule has 170 valence electrons. The number of pyridine rings is 1. The molecular weight excluding hydrogens is 458 g/mol. The van der Waals surface area contributed by atoms with Gasteiger partial charge in [-0.2, -0.15) is 0 Å². The number of nitrogens with zero attached hydrogens (tertiary/aromatic N) is 3. The molecule has 2 N–H and O–H groups in total. The molecule has 0 saturated carbocycles. The average molecular weight is 481 g/mol. The number of anilines is 1. The van der Waals surface area contributed by atoms with Crippen molar-refractivity contribution in [3.05, 3.63) is 58.3 Å². The molecule has 3 rings (SSSR count). The van der Waals surface area contributed by atoms with Crippen molar-refractivity contribution in [2.75, 3.05) is 12.3 Å². The number of halogens is 3. The molecule has 0 radical (unpaired) electrons. The van der Waals surface area contributed by atoms with E-state index in [0.29, 0.717) is 27.6 Å². The van der Waals surface area contributed by atoms with Crippen molar-refractivity contribution in [2.45, 2.75) is 39.3 Å². The van der Waals surface area contributed by atoms with Gasteiger partial charge in [-0.05, 0) is 44.5 Å². The highest BCUT2D eigenvalue weighted by molar-refractivity contribution is 6.36. The lowest BCUT2D eigenvalue weighted by Crippen LogP contribution is -2.26. The predicted molar refractivity (Wildman–Crippen MR) is 121 cm³/mol. The molecule has 0 fully saturated rings.